The van der Waals surface area contributed by atoms with Crippen LogP contribution in [0.1, 0.15) is 22.8 Å². The van der Waals surface area contributed by atoms with Crippen molar-refractivity contribution in [2.45, 2.75) is 19.6 Å². The second-order valence-electron chi connectivity index (χ2n) is 7.75. The molecule has 0 saturated heterocycles. The van der Waals surface area contributed by atoms with E-state index < -0.39 is 24.0 Å². The van der Waals surface area contributed by atoms with Gasteiger partial charge in [0.15, 0.2) is 0 Å². The first kappa shape index (κ1) is 27.7. The summed E-state index contributed by atoms with van der Waals surface area (Å²) in [4.78, 5) is 45.2. The summed E-state index contributed by atoms with van der Waals surface area (Å²) in [7, 11) is 0. The summed E-state index contributed by atoms with van der Waals surface area (Å²) in [6.07, 6.45) is 2.38. The minimum atomic E-state index is -1.20. The molecule has 0 fully saturated rings. The van der Waals surface area contributed by atoms with Gasteiger partial charge in [0.2, 0.25) is 5.95 Å². The van der Waals surface area contributed by atoms with Crippen molar-refractivity contribution >= 4 is 23.9 Å². The lowest BCUT2D eigenvalue weighted by Crippen LogP contribution is -2.49. The van der Waals surface area contributed by atoms with Gasteiger partial charge in [-0.25, -0.2) is 19.6 Å². The van der Waals surface area contributed by atoms with Crippen molar-refractivity contribution in [3.05, 3.63) is 78.1 Å². The fraction of sp³-hybridized carbons (Fsp3) is 0.269. The number of rotatable bonds is 13. The minimum Gasteiger partial charge on any atom is -0.507 e. The second kappa shape index (κ2) is 14.6. The Morgan fingerprint density at radius 2 is 1.76 bits per heavy atom. The van der Waals surface area contributed by atoms with E-state index in [1.54, 1.807) is 49.6 Å². The van der Waals surface area contributed by atoms with Gasteiger partial charge in [0.25, 0.3) is 5.91 Å². The number of phenols is 1. The lowest BCUT2D eigenvalue weighted by atomic mass is 10.1. The zero-order valence-corrected chi connectivity index (χ0v) is 20.8. The van der Waals surface area contributed by atoms with Crippen LogP contribution in [0.25, 0.3) is 0 Å². The van der Waals surface area contributed by atoms with E-state index in [0.717, 1.165) is 5.56 Å². The summed E-state index contributed by atoms with van der Waals surface area (Å²) in [6.45, 7) is 2.10. The molecule has 1 heterocycles. The maximum absolute atomic E-state index is 12.6. The fourth-order valence-electron chi connectivity index (χ4n) is 3.15. The monoisotopic (exact) mass is 523 g/mol. The molecule has 4 N–H and O–H groups in total. The Morgan fingerprint density at radius 3 is 2.47 bits per heavy atom. The number of hydrogen-bond donors (Lipinski definition) is 4. The minimum absolute atomic E-state index is 0.00691. The molecule has 12 nitrogen and oxygen atoms in total. The maximum Gasteiger partial charge on any atom is 0.408 e. The Bertz CT molecular complexity index is 1200. The van der Waals surface area contributed by atoms with Crippen molar-refractivity contribution in [3.63, 3.8) is 0 Å². The molecule has 1 atom stereocenters. The predicted octanol–water partition coefficient (Wildman–Crippen LogP) is 2.26. The van der Waals surface area contributed by atoms with Crippen molar-refractivity contribution in [3.8, 4) is 11.5 Å². The zero-order chi connectivity index (χ0) is 27.2. The molecule has 2 aromatic carbocycles. The van der Waals surface area contributed by atoms with E-state index in [1.165, 1.54) is 18.2 Å². The van der Waals surface area contributed by atoms with Crippen LogP contribution in [-0.4, -0.2) is 65.4 Å². The smallest absolute Gasteiger partial charge is 0.408 e. The summed E-state index contributed by atoms with van der Waals surface area (Å²) >= 11 is 0. The number of nitrogens with zero attached hydrogens (tertiary/aromatic N) is 2. The van der Waals surface area contributed by atoms with Gasteiger partial charge in [-0.1, -0.05) is 30.3 Å². The first-order valence-corrected chi connectivity index (χ1v) is 11.8. The number of phenolic OH excluding ortho intramolecular Hbond substituents is 1. The van der Waals surface area contributed by atoms with Gasteiger partial charge in [-0.15, -0.1) is 0 Å². The molecule has 0 spiro atoms. The molecule has 0 aliphatic carbocycles. The number of carbonyl (C=O) groups excluding carboxylic acids is 3. The summed E-state index contributed by atoms with van der Waals surface area (Å²) in [5, 5.41) is 18.2. The largest absolute Gasteiger partial charge is 0.507 e. The number of aromatic nitrogens is 2. The van der Waals surface area contributed by atoms with E-state index in [-0.39, 0.29) is 37.7 Å². The number of benzene rings is 2. The highest BCUT2D eigenvalue weighted by Crippen LogP contribution is 2.23. The van der Waals surface area contributed by atoms with Gasteiger partial charge in [-0.2, -0.15) is 0 Å². The topological polar surface area (TPSA) is 161 Å². The molecule has 1 aromatic heterocycles. The number of alkyl carbamates (subject to hydrolysis) is 1. The van der Waals surface area contributed by atoms with Gasteiger partial charge in [-0.3, -0.25) is 4.79 Å². The molecule has 3 rings (SSSR count). The molecule has 200 valence electrons. The Morgan fingerprint density at radius 1 is 1.00 bits per heavy atom. The first-order chi connectivity index (χ1) is 18.5. The van der Waals surface area contributed by atoms with Crippen LogP contribution in [0.15, 0.2) is 67.0 Å². The molecule has 12 heteroatoms. The maximum atomic E-state index is 12.6. The highest BCUT2D eigenvalue weighted by molar-refractivity contribution is 5.97. The number of esters is 1. The van der Waals surface area contributed by atoms with Crippen LogP contribution in [0.2, 0.25) is 0 Å². The Kier molecular flexibility index (Phi) is 10.7. The average molecular weight is 524 g/mol. The van der Waals surface area contributed by atoms with Crippen LogP contribution in [0, 0.1) is 0 Å². The lowest BCUT2D eigenvalue weighted by Gasteiger charge is -2.18. The van der Waals surface area contributed by atoms with Crippen LogP contribution in [0.4, 0.5) is 10.7 Å². The van der Waals surface area contributed by atoms with E-state index in [4.69, 9.17) is 14.2 Å². The summed E-state index contributed by atoms with van der Waals surface area (Å²) in [5.74, 6) is -0.909. The third-order valence-electron chi connectivity index (χ3n) is 4.98. The first-order valence-electron chi connectivity index (χ1n) is 11.8. The summed E-state index contributed by atoms with van der Waals surface area (Å²) in [5.41, 5.74) is 0.732. The summed E-state index contributed by atoms with van der Waals surface area (Å²) < 4.78 is 15.7. The molecule has 38 heavy (non-hydrogen) atoms. The van der Waals surface area contributed by atoms with Crippen LogP contribution in [-0.2, 0) is 20.9 Å². The van der Waals surface area contributed by atoms with E-state index in [0.29, 0.717) is 18.2 Å². The zero-order valence-electron chi connectivity index (χ0n) is 20.8. The highest BCUT2D eigenvalue weighted by atomic mass is 16.6. The van der Waals surface area contributed by atoms with Gasteiger partial charge < -0.3 is 35.3 Å². The van der Waals surface area contributed by atoms with Crippen molar-refractivity contribution in [2.75, 3.05) is 31.6 Å². The average Bonchev–Trinajstić information content (AvgIpc) is 2.93. The van der Waals surface area contributed by atoms with Gasteiger partial charge in [0.1, 0.15) is 30.8 Å². The predicted molar refractivity (Wildman–Crippen MR) is 137 cm³/mol. The SMILES string of the molecule is CCOC(=O)[C@H](CNC(=O)c1ccc(OCCNc2ncccn2)cc1O)NC(=O)OCc1ccccc1. The highest BCUT2D eigenvalue weighted by Gasteiger charge is 2.24. The lowest BCUT2D eigenvalue weighted by molar-refractivity contribution is -0.145. The number of hydrogen-bond acceptors (Lipinski definition) is 10. The number of anilines is 1. The number of aromatic hydroxyl groups is 1. The van der Waals surface area contributed by atoms with E-state index >= 15 is 0 Å². The van der Waals surface area contributed by atoms with Crippen LogP contribution < -0.4 is 20.7 Å². The van der Waals surface area contributed by atoms with Gasteiger partial charge in [-0.05, 0) is 30.7 Å². The van der Waals surface area contributed by atoms with E-state index in [9.17, 15) is 19.5 Å². The third-order valence-corrected chi connectivity index (χ3v) is 4.98. The number of carbonyl (C=O) groups is 3. The number of nitrogens with one attached hydrogen (secondary N) is 3. The molecule has 3 aromatic rings. The number of ether oxygens (including phenoxy) is 3. The molecular formula is C26H29N5O7. The molecule has 0 unspecified atom stereocenters. The quantitative estimate of drug-likeness (QED) is 0.193. The molecule has 2 amide bonds. The third kappa shape index (κ3) is 8.97. The van der Waals surface area contributed by atoms with Crippen LogP contribution in [0.5, 0.6) is 11.5 Å². The second-order valence-corrected chi connectivity index (χ2v) is 7.75. The van der Waals surface area contributed by atoms with Gasteiger partial charge >= 0.3 is 12.1 Å². The molecule has 0 aliphatic heterocycles. The Labute approximate surface area is 219 Å². The molecule has 0 saturated carbocycles. The van der Waals surface area contributed by atoms with E-state index in [1.807, 2.05) is 6.07 Å². The van der Waals surface area contributed by atoms with Gasteiger partial charge in [0, 0.05) is 25.0 Å². The molecular weight excluding hydrogens is 494 g/mol. The molecule has 0 bridgehead atoms. The van der Waals surface area contributed by atoms with Crippen molar-refractivity contribution in [1.82, 2.24) is 20.6 Å². The molecule has 0 aliphatic rings. The standard InChI is InChI=1S/C26H29N5O7/c1-2-36-24(34)21(31-26(35)38-17-18-7-4-3-5-8-18)16-30-23(33)20-10-9-19(15-22(20)32)37-14-13-29-25-27-11-6-12-28-25/h3-12,15,21,32H,2,13-14,16-17H2,1H3,(H,30,33)(H,31,35)(H,27,28,29)/t21-/m0/s1. The van der Waals surface area contributed by atoms with Crippen LogP contribution >= 0.6 is 0 Å². The van der Waals surface area contributed by atoms with Crippen molar-refractivity contribution < 1.29 is 33.7 Å². The fourth-order valence-corrected chi connectivity index (χ4v) is 3.15. The van der Waals surface area contributed by atoms with Crippen LogP contribution in [0.3, 0.4) is 0 Å². The number of amides is 2. The van der Waals surface area contributed by atoms with Gasteiger partial charge in [0.05, 0.1) is 18.7 Å². The van der Waals surface area contributed by atoms with Crippen molar-refractivity contribution in [2.24, 2.45) is 0 Å². The normalized spacial score (nSPS) is 11.1. The van der Waals surface area contributed by atoms with E-state index in [2.05, 4.69) is 25.9 Å². The Hall–Kier alpha value is -4.87. The Balaban J connectivity index is 1.49. The van der Waals surface area contributed by atoms with Crippen molar-refractivity contribution in [1.29, 1.82) is 0 Å². The summed E-state index contributed by atoms with van der Waals surface area (Å²) in [6, 6.07) is 13.7. The molecule has 0 radical (unpaired) electrons.